The largest absolute Gasteiger partial charge is 0.383 e. The highest BCUT2D eigenvalue weighted by Gasteiger charge is 2.47. The van der Waals surface area contributed by atoms with Crippen molar-refractivity contribution in [3.05, 3.63) is 90.9 Å². The van der Waals surface area contributed by atoms with Crippen LogP contribution >= 0.6 is 0 Å². The number of nitrogens with zero attached hydrogens (tertiary/aromatic N) is 7. The molecule has 5 aromatic rings. The van der Waals surface area contributed by atoms with E-state index in [-0.39, 0.29) is 11.4 Å². The fourth-order valence-corrected chi connectivity index (χ4v) is 7.16. The first-order valence-corrected chi connectivity index (χ1v) is 15.8. The number of nitrogens with one attached hydrogen (secondary N) is 1. The van der Waals surface area contributed by atoms with Crippen LogP contribution in [0.5, 0.6) is 0 Å². The predicted molar refractivity (Wildman–Crippen MR) is 176 cm³/mol. The molecule has 1 saturated heterocycles. The van der Waals surface area contributed by atoms with Crippen LogP contribution in [0.2, 0.25) is 0 Å². The van der Waals surface area contributed by atoms with E-state index in [1.165, 1.54) is 42.9 Å². The zero-order chi connectivity index (χ0) is 31.0. The molecule has 1 amide bonds. The lowest BCUT2D eigenvalue weighted by atomic mass is 9.68. The summed E-state index contributed by atoms with van der Waals surface area (Å²) in [5.41, 5.74) is 12.6. The first kappa shape index (κ1) is 28.9. The number of aromatic nitrogens is 6. The van der Waals surface area contributed by atoms with E-state index < -0.39 is 0 Å². The van der Waals surface area contributed by atoms with E-state index in [4.69, 9.17) is 15.7 Å². The van der Waals surface area contributed by atoms with E-state index in [0.717, 1.165) is 66.3 Å². The Morgan fingerprint density at radius 2 is 1.93 bits per heavy atom. The van der Waals surface area contributed by atoms with Crippen LogP contribution in [-0.2, 0) is 17.6 Å². The van der Waals surface area contributed by atoms with Crippen molar-refractivity contribution in [1.82, 2.24) is 39.5 Å². The van der Waals surface area contributed by atoms with Gasteiger partial charge in [-0.15, -0.1) is 0 Å². The first-order chi connectivity index (χ1) is 22.0. The maximum Gasteiger partial charge on any atom is 0.246 e. The average molecular weight is 602 g/mol. The number of aryl methyl sites for hydroxylation is 2. The van der Waals surface area contributed by atoms with Gasteiger partial charge in [0, 0.05) is 42.4 Å². The standard InChI is InChI=1S/C23H19N7.C12H20N2O/c24-21-18(6-2-11-25-21)22-27-19-9-10-20(29-13-3-12-26-29)28-23(19)30(22)17-8-7-15-4-1-5-16(15)14-17;1-3-11(15)14-8-5-10(13-2)9-12(14)6-4-7-12/h2-3,6-14H,1,4-5H2,(H2,24,25);3,10,13H,1,4-9H2,2H3. The summed E-state index contributed by atoms with van der Waals surface area (Å²) in [6.45, 7) is 4.48. The van der Waals surface area contributed by atoms with Crippen molar-refractivity contribution in [3.8, 4) is 22.9 Å². The van der Waals surface area contributed by atoms with Crippen LogP contribution in [0, 0.1) is 0 Å². The van der Waals surface area contributed by atoms with Crippen LogP contribution in [0.25, 0.3) is 34.1 Å². The number of benzene rings is 1. The van der Waals surface area contributed by atoms with Gasteiger partial charge in [-0.2, -0.15) is 5.10 Å². The van der Waals surface area contributed by atoms with Crippen LogP contribution in [0.1, 0.15) is 49.7 Å². The number of imidazole rings is 1. The van der Waals surface area contributed by atoms with Gasteiger partial charge < -0.3 is 16.0 Å². The number of rotatable bonds is 5. The SMILES string of the molecule is C=CC(=O)N1CCC(NC)CC12CCC2.Nc1ncccc1-c1nc2ccc(-n3cccn3)nc2n1-c1ccc2c(c1)CCC2. The Morgan fingerprint density at radius 1 is 1.07 bits per heavy atom. The minimum Gasteiger partial charge on any atom is -0.383 e. The predicted octanol–water partition coefficient (Wildman–Crippen LogP) is 5.04. The van der Waals surface area contributed by atoms with Crippen LogP contribution in [-0.4, -0.2) is 65.3 Å². The second kappa shape index (κ2) is 11.9. The van der Waals surface area contributed by atoms with Crippen LogP contribution in [0.3, 0.4) is 0 Å². The highest BCUT2D eigenvalue weighted by molar-refractivity contribution is 5.88. The van der Waals surface area contributed by atoms with Gasteiger partial charge in [-0.05, 0) is 118 Å². The Bertz CT molecular complexity index is 1850. The van der Waals surface area contributed by atoms with Gasteiger partial charge in [0.15, 0.2) is 17.3 Å². The summed E-state index contributed by atoms with van der Waals surface area (Å²) < 4.78 is 3.83. The van der Waals surface area contributed by atoms with Gasteiger partial charge in [0.05, 0.1) is 5.56 Å². The second-order valence-corrected chi connectivity index (χ2v) is 12.2. The van der Waals surface area contributed by atoms with E-state index in [1.807, 2.05) is 43.6 Å². The molecule has 230 valence electrons. The van der Waals surface area contributed by atoms with Crippen molar-refractivity contribution in [2.24, 2.45) is 0 Å². The van der Waals surface area contributed by atoms with Gasteiger partial charge in [0.1, 0.15) is 11.3 Å². The molecule has 1 atom stereocenters. The molecule has 8 rings (SSSR count). The highest BCUT2D eigenvalue weighted by atomic mass is 16.2. The molecule has 4 aromatic heterocycles. The molecular formula is C35H39N9O. The maximum atomic E-state index is 11.8. The van der Waals surface area contributed by atoms with E-state index >= 15 is 0 Å². The van der Waals surface area contributed by atoms with Crippen LogP contribution in [0.4, 0.5) is 5.82 Å². The van der Waals surface area contributed by atoms with Gasteiger partial charge in [-0.1, -0.05) is 12.6 Å². The normalized spacial score (nSPS) is 18.2. The number of nitrogen functional groups attached to an aromatic ring is 1. The number of pyridine rings is 2. The van der Waals surface area contributed by atoms with Crippen molar-refractivity contribution in [3.63, 3.8) is 0 Å². The number of likely N-dealkylation sites (tertiary alicyclic amines) is 1. The van der Waals surface area contributed by atoms with Crippen molar-refractivity contribution in [2.75, 3.05) is 19.3 Å². The molecule has 1 aromatic carbocycles. The van der Waals surface area contributed by atoms with Crippen LogP contribution < -0.4 is 11.1 Å². The molecule has 2 aliphatic carbocycles. The van der Waals surface area contributed by atoms with Crippen molar-refractivity contribution in [1.29, 1.82) is 0 Å². The van der Waals surface area contributed by atoms with Gasteiger partial charge in [0.2, 0.25) is 5.91 Å². The number of hydrogen-bond donors (Lipinski definition) is 2. The lowest BCUT2D eigenvalue weighted by molar-refractivity contribution is -0.140. The Labute approximate surface area is 263 Å². The fraction of sp³-hybridized carbons (Fsp3) is 0.343. The fourth-order valence-electron chi connectivity index (χ4n) is 7.16. The summed E-state index contributed by atoms with van der Waals surface area (Å²) in [6.07, 6.45) is 16.0. The van der Waals surface area contributed by atoms with E-state index in [0.29, 0.717) is 11.9 Å². The summed E-state index contributed by atoms with van der Waals surface area (Å²) in [5, 5.41) is 7.66. The third-order valence-corrected chi connectivity index (χ3v) is 9.68. The number of hydrogen-bond acceptors (Lipinski definition) is 7. The Morgan fingerprint density at radius 3 is 2.67 bits per heavy atom. The molecule has 3 N–H and O–H groups in total. The second-order valence-electron chi connectivity index (χ2n) is 12.2. The van der Waals surface area contributed by atoms with Crippen molar-refractivity contribution < 1.29 is 4.79 Å². The molecular weight excluding hydrogens is 562 g/mol. The van der Waals surface area contributed by atoms with E-state index in [1.54, 1.807) is 17.1 Å². The first-order valence-electron chi connectivity index (χ1n) is 15.8. The zero-order valence-electron chi connectivity index (χ0n) is 25.7. The molecule has 0 radical (unpaired) electrons. The Balaban J connectivity index is 0.000000183. The Hall–Kier alpha value is -4.83. The summed E-state index contributed by atoms with van der Waals surface area (Å²) in [7, 11) is 2.02. The van der Waals surface area contributed by atoms with E-state index in [9.17, 15) is 4.79 Å². The third kappa shape index (κ3) is 5.29. The zero-order valence-corrected chi connectivity index (χ0v) is 25.7. The van der Waals surface area contributed by atoms with Gasteiger partial charge in [0.25, 0.3) is 0 Å². The molecule has 10 nitrogen and oxygen atoms in total. The summed E-state index contributed by atoms with van der Waals surface area (Å²) in [4.78, 5) is 27.9. The molecule has 1 aliphatic heterocycles. The molecule has 1 spiro atoms. The Kier molecular flexibility index (Phi) is 7.66. The molecule has 1 saturated carbocycles. The number of nitrogens with two attached hydrogens (primary N) is 1. The molecule has 2 fully saturated rings. The average Bonchev–Trinajstić information content (AvgIpc) is 3.83. The van der Waals surface area contributed by atoms with Gasteiger partial charge in [-0.3, -0.25) is 9.36 Å². The number of amides is 1. The number of piperidine rings is 1. The maximum absolute atomic E-state index is 11.8. The summed E-state index contributed by atoms with van der Waals surface area (Å²) in [6, 6.07) is 16.8. The third-order valence-electron chi connectivity index (χ3n) is 9.68. The highest BCUT2D eigenvalue weighted by Crippen LogP contribution is 2.44. The number of anilines is 1. The minimum atomic E-state index is 0.115. The van der Waals surface area contributed by atoms with Crippen LogP contribution in [0.15, 0.2) is 79.8 Å². The molecule has 3 aliphatic rings. The van der Waals surface area contributed by atoms with Gasteiger partial charge in [-0.25, -0.2) is 19.6 Å². The lowest BCUT2D eigenvalue weighted by Crippen LogP contribution is -2.62. The molecule has 0 bridgehead atoms. The number of fused-ring (bicyclic) bond motifs is 2. The number of carbonyl (C=O) groups is 1. The van der Waals surface area contributed by atoms with Gasteiger partial charge >= 0.3 is 0 Å². The van der Waals surface area contributed by atoms with Crippen molar-refractivity contribution in [2.45, 2.75) is 62.9 Å². The molecule has 10 heteroatoms. The summed E-state index contributed by atoms with van der Waals surface area (Å²) >= 11 is 0. The minimum absolute atomic E-state index is 0.115. The quantitative estimate of drug-likeness (QED) is 0.271. The topological polar surface area (TPSA) is 120 Å². The molecule has 5 heterocycles. The smallest absolute Gasteiger partial charge is 0.246 e. The molecule has 1 unspecified atom stereocenters. The van der Waals surface area contributed by atoms with Crippen molar-refractivity contribution >= 4 is 22.9 Å². The lowest BCUT2D eigenvalue weighted by Gasteiger charge is -2.55. The van der Waals surface area contributed by atoms with E-state index in [2.05, 4.69) is 49.6 Å². The summed E-state index contributed by atoms with van der Waals surface area (Å²) in [5.74, 6) is 2.03. The number of carbonyl (C=O) groups excluding carboxylic acids is 1. The monoisotopic (exact) mass is 601 g/mol. The molecule has 45 heavy (non-hydrogen) atoms.